The van der Waals surface area contributed by atoms with Crippen molar-refractivity contribution in [2.24, 2.45) is 7.05 Å². The Morgan fingerprint density at radius 1 is 1.07 bits per heavy atom. The Bertz CT molecular complexity index is 1150. The summed E-state index contributed by atoms with van der Waals surface area (Å²) in [6.07, 6.45) is 5.05. The standard InChI is InChI=1S/C20H23N7O2S/c1-12-13(2)24-25(4)19(28)16(12)18-23-14(3)17(30-18)20(29)27-9-7-26(8-10-27)15-11-21-5-6-22-15/h5-6,11H,7-10H2,1-4H3. The zero-order valence-corrected chi connectivity index (χ0v) is 18.2. The Balaban J connectivity index is 1.56. The molecule has 0 aliphatic carbocycles. The van der Waals surface area contributed by atoms with Crippen LogP contribution in [0, 0.1) is 20.8 Å². The molecule has 1 fully saturated rings. The normalized spacial score (nSPS) is 14.3. The van der Waals surface area contributed by atoms with Crippen molar-refractivity contribution in [2.45, 2.75) is 20.8 Å². The van der Waals surface area contributed by atoms with E-state index in [1.807, 2.05) is 25.7 Å². The lowest BCUT2D eigenvalue weighted by atomic mass is 10.1. The second kappa shape index (κ2) is 7.94. The van der Waals surface area contributed by atoms with Gasteiger partial charge in [0.1, 0.15) is 15.7 Å². The van der Waals surface area contributed by atoms with Crippen molar-refractivity contribution in [1.82, 2.24) is 29.6 Å². The van der Waals surface area contributed by atoms with Crippen LogP contribution in [-0.2, 0) is 7.05 Å². The van der Waals surface area contributed by atoms with E-state index < -0.39 is 0 Å². The minimum atomic E-state index is -0.205. The molecule has 0 atom stereocenters. The highest BCUT2D eigenvalue weighted by atomic mass is 32.1. The van der Waals surface area contributed by atoms with Crippen LogP contribution in [0.5, 0.6) is 0 Å². The number of piperazine rings is 1. The molecule has 0 spiro atoms. The number of nitrogens with zero attached hydrogens (tertiary/aromatic N) is 7. The van der Waals surface area contributed by atoms with Crippen LogP contribution in [0.3, 0.4) is 0 Å². The van der Waals surface area contributed by atoms with Crippen LogP contribution in [0.4, 0.5) is 5.82 Å². The number of hydrogen-bond acceptors (Lipinski definition) is 8. The summed E-state index contributed by atoms with van der Waals surface area (Å²) in [5, 5.41) is 4.79. The Kier molecular flexibility index (Phi) is 5.33. The number of hydrogen-bond donors (Lipinski definition) is 0. The number of anilines is 1. The van der Waals surface area contributed by atoms with Gasteiger partial charge in [-0.2, -0.15) is 5.10 Å². The van der Waals surface area contributed by atoms with Crippen LogP contribution in [0.1, 0.15) is 26.6 Å². The van der Waals surface area contributed by atoms with E-state index in [2.05, 4.69) is 25.0 Å². The van der Waals surface area contributed by atoms with Crippen molar-refractivity contribution in [3.05, 3.63) is 50.8 Å². The van der Waals surface area contributed by atoms with Gasteiger partial charge in [-0.05, 0) is 26.3 Å². The maximum Gasteiger partial charge on any atom is 0.277 e. The monoisotopic (exact) mass is 425 g/mol. The molecule has 0 bridgehead atoms. The Morgan fingerprint density at radius 2 is 1.80 bits per heavy atom. The van der Waals surface area contributed by atoms with E-state index in [4.69, 9.17) is 0 Å². The number of carbonyl (C=O) groups is 1. The first-order chi connectivity index (χ1) is 14.4. The Morgan fingerprint density at radius 3 is 2.47 bits per heavy atom. The third-order valence-electron chi connectivity index (χ3n) is 5.37. The van der Waals surface area contributed by atoms with Crippen LogP contribution >= 0.6 is 11.3 Å². The molecule has 0 N–H and O–H groups in total. The summed E-state index contributed by atoms with van der Waals surface area (Å²) in [7, 11) is 1.63. The average Bonchev–Trinajstić information content (AvgIpc) is 3.14. The van der Waals surface area contributed by atoms with E-state index in [1.165, 1.54) is 16.0 Å². The number of rotatable bonds is 3. The molecule has 1 aliphatic heterocycles. The number of thiazole rings is 1. The lowest BCUT2D eigenvalue weighted by Crippen LogP contribution is -2.49. The summed E-state index contributed by atoms with van der Waals surface area (Å²) < 4.78 is 1.32. The van der Waals surface area contributed by atoms with Crippen molar-refractivity contribution in [2.75, 3.05) is 31.1 Å². The van der Waals surface area contributed by atoms with Gasteiger partial charge in [-0.3, -0.25) is 14.6 Å². The summed E-state index contributed by atoms with van der Waals surface area (Å²) in [5.41, 5.74) is 2.52. The molecule has 0 unspecified atom stereocenters. The predicted molar refractivity (Wildman–Crippen MR) is 115 cm³/mol. The zero-order chi connectivity index (χ0) is 21.4. The van der Waals surface area contributed by atoms with Gasteiger partial charge in [0, 0.05) is 45.6 Å². The van der Waals surface area contributed by atoms with E-state index in [-0.39, 0.29) is 11.5 Å². The second-order valence-corrected chi connectivity index (χ2v) is 8.29. The van der Waals surface area contributed by atoms with Crippen LogP contribution < -0.4 is 10.5 Å². The molecule has 9 nitrogen and oxygen atoms in total. The highest BCUT2D eigenvalue weighted by molar-refractivity contribution is 7.17. The molecule has 0 saturated carbocycles. The summed E-state index contributed by atoms with van der Waals surface area (Å²) >= 11 is 1.28. The summed E-state index contributed by atoms with van der Waals surface area (Å²) in [5.74, 6) is 0.774. The van der Waals surface area contributed by atoms with E-state index in [1.54, 1.807) is 25.6 Å². The van der Waals surface area contributed by atoms with Crippen molar-refractivity contribution in [3.8, 4) is 10.6 Å². The second-order valence-electron chi connectivity index (χ2n) is 7.29. The van der Waals surface area contributed by atoms with Crippen LogP contribution in [0.15, 0.2) is 23.4 Å². The minimum Gasteiger partial charge on any atom is -0.352 e. The van der Waals surface area contributed by atoms with Gasteiger partial charge in [-0.15, -0.1) is 11.3 Å². The smallest absolute Gasteiger partial charge is 0.277 e. The molecule has 156 valence electrons. The lowest BCUT2D eigenvalue weighted by molar-refractivity contribution is 0.0750. The number of aryl methyl sites for hydroxylation is 3. The van der Waals surface area contributed by atoms with Crippen LogP contribution in [0.25, 0.3) is 10.6 Å². The molecular weight excluding hydrogens is 402 g/mol. The van der Waals surface area contributed by atoms with Crippen molar-refractivity contribution in [3.63, 3.8) is 0 Å². The van der Waals surface area contributed by atoms with Gasteiger partial charge >= 0.3 is 0 Å². The van der Waals surface area contributed by atoms with Gasteiger partial charge in [-0.25, -0.2) is 14.6 Å². The van der Waals surface area contributed by atoms with Gasteiger partial charge in [0.05, 0.1) is 23.1 Å². The minimum absolute atomic E-state index is 0.0460. The summed E-state index contributed by atoms with van der Waals surface area (Å²) in [4.78, 5) is 43.4. The molecule has 3 aromatic heterocycles. The van der Waals surface area contributed by atoms with Crippen LogP contribution in [0.2, 0.25) is 0 Å². The largest absolute Gasteiger partial charge is 0.352 e. The maximum atomic E-state index is 13.2. The Hall–Kier alpha value is -3.14. The Labute approximate surface area is 178 Å². The lowest BCUT2D eigenvalue weighted by Gasteiger charge is -2.35. The molecule has 3 aromatic rings. The highest BCUT2D eigenvalue weighted by Gasteiger charge is 2.27. The predicted octanol–water partition coefficient (Wildman–Crippen LogP) is 1.58. The van der Waals surface area contributed by atoms with E-state index in [0.29, 0.717) is 47.3 Å². The number of amides is 1. The van der Waals surface area contributed by atoms with E-state index in [9.17, 15) is 9.59 Å². The zero-order valence-electron chi connectivity index (χ0n) is 17.4. The summed E-state index contributed by atoms with van der Waals surface area (Å²) in [6.45, 7) is 8.12. The van der Waals surface area contributed by atoms with Crippen molar-refractivity contribution < 1.29 is 4.79 Å². The first kappa shape index (κ1) is 20.1. The molecule has 30 heavy (non-hydrogen) atoms. The first-order valence-electron chi connectivity index (χ1n) is 9.69. The molecule has 10 heteroatoms. The number of aromatic nitrogens is 5. The molecule has 0 aromatic carbocycles. The molecular formula is C20H23N7O2S. The van der Waals surface area contributed by atoms with Crippen molar-refractivity contribution >= 4 is 23.1 Å². The van der Waals surface area contributed by atoms with Gasteiger partial charge in [0.15, 0.2) is 0 Å². The van der Waals surface area contributed by atoms with Gasteiger partial charge in [0.2, 0.25) is 0 Å². The average molecular weight is 426 g/mol. The molecule has 1 amide bonds. The fourth-order valence-electron chi connectivity index (χ4n) is 3.54. The van der Waals surface area contributed by atoms with E-state index >= 15 is 0 Å². The van der Waals surface area contributed by atoms with Crippen molar-refractivity contribution in [1.29, 1.82) is 0 Å². The third-order valence-corrected chi connectivity index (χ3v) is 6.53. The fraction of sp³-hybridized carbons (Fsp3) is 0.400. The fourth-order valence-corrected chi connectivity index (χ4v) is 4.67. The summed E-state index contributed by atoms with van der Waals surface area (Å²) in [6, 6.07) is 0. The third kappa shape index (κ3) is 3.58. The molecule has 4 rings (SSSR count). The molecule has 4 heterocycles. The topological polar surface area (TPSA) is 97.1 Å². The maximum absolute atomic E-state index is 13.2. The van der Waals surface area contributed by atoms with Gasteiger partial charge in [0.25, 0.3) is 11.5 Å². The SMILES string of the molecule is Cc1nc(-c2c(C)c(C)nn(C)c2=O)sc1C(=O)N1CCN(c2cnccn2)CC1. The van der Waals surface area contributed by atoms with Gasteiger partial charge < -0.3 is 9.80 Å². The quantitative estimate of drug-likeness (QED) is 0.628. The molecule has 1 saturated heterocycles. The highest BCUT2D eigenvalue weighted by Crippen LogP contribution is 2.29. The van der Waals surface area contributed by atoms with E-state index in [0.717, 1.165) is 17.1 Å². The first-order valence-corrected chi connectivity index (χ1v) is 10.5. The molecule has 1 aliphatic rings. The van der Waals surface area contributed by atoms with Gasteiger partial charge in [-0.1, -0.05) is 0 Å². The number of carbonyl (C=O) groups excluding carboxylic acids is 1. The molecule has 0 radical (unpaired) electrons. The van der Waals surface area contributed by atoms with Crippen LogP contribution in [-0.4, -0.2) is 61.7 Å².